The van der Waals surface area contributed by atoms with E-state index in [-0.39, 0.29) is 35.2 Å². The Hall–Kier alpha value is -2.76. The zero-order valence-electron chi connectivity index (χ0n) is 17.9. The van der Waals surface area contributed by atoms with Crippen molar-refractivity contribution in [3.8, 4) is 0 Å². The normalized spacial score (nSPS) is 14.9. The van der Waals surface area contributed by atoms with Crippen LogP contribution in [0.1, 0.15) is 30.1 Å². The number of piperidine rings is 1. The van der Waals surface area contributed by atoms with E-state index in [0.29, 0.717) is 37.2 Å². The first-order valence-corrected chi connectivity index (χ1v) is 12.5. The number of hydrogen-bond donors (Lipinski definition) is 2. The predicted molar refractivity (Wildman–Crippen MR) is 122 cm³/mol. The summed E-state index contributed by atoms with van der Waals surface area (Å²) in [6.07, 6.45) is 1.23. The second-order valence-electron chi connectivity index (χ2n) is 7.61. The smallest absolute Gasteiger partial charge is 0.252 e. The lowest BCUT2D eigenvalue weighted by atomic mass is 10.0. The predicted octanol–water partition coefficient (Wildman–Crippen LogP) is 1.75. The molecule has 1 fully saturated rings. The largest absolute Gasteiger partial charge is 0.349 e. The third-order valence-corrected chi connectivity index (χ3v) is 7.71. The fourth-order valence-electron chi connectivity index (χ4n) is 3.40. The molecule has 1 aromatic heterocycles. The summed E-state index contributed by atoms with van der Waals surface area (Å²) < 4.78 is 26.6. The number of hydrogen-bond acceptors (Lipinski definition) is 6. The quantitative estimate of drug-likeness (QED) is 0.629. The van der Waals surface area contributed by atoms with Gasteiger partial charge >= 0.3 is 0 Å². The van der Waals surface area contributed by atoms with Crippen LogP contribution < -0.4 is 10.6 Å². The van der Waals surface area contributed by atoms with Gasteiger partial charge in [0.1, 0.15) is 0 Å². The van der Waals surface area contributed by atoms with E-state index in [2.05, 4.69) is 10.6 Å². The van der Waals surface area contributed by atoms with Crippen LogP contribution in [-0.4, -0.2) is 68.1 Å². The molecule has 32 heavy (non-hydrogen) atoms. The maximum Gasteiger partial charge on any atom is 0.252 e. The number of anilines is 1. The summed E-state index contributed by atoms with van der Waals surface area (Å²) in [7, 11) is -2.49. The molecule has 0 aliphatic carbocycles. The van der Waals surface area contributed by atoms with Gasteiger partial charge in [0.25, 0.3) is 5.91 Å². The molecule has 1 aliphatic rings. The van der Waals surface area contributed by atoms with E-state index in [4.69, 9.17) is 0 Å². The maximum atomic E-state index is 12.8. The number of amides is 3. The highest BCUT2D eigenvalue weighted by Crippen LogP contribution is 2.18. The third kappa shape index (κ3) is 5.93. The molecule has 2 aromatic rings. The van der Waals surface area contributed by atoms with Crippen molar-refractivity contribution >= 4 is 44.8 Å². The van der Waals surface area contributed by atoms with Crippen LogP contribution in [0.3, 0.4) is 0 Å². The first-order chi connectivity index (χ1) is 15.2. The minimum atomic E-state index is -3.85. The maximum absolute atomic E-state index is 12.8. The Labute approximate surface area is 191 Å². The van der Waals surface area contributed by atoms with Gasteiger partial charge in [-0.2, -0.15) is 15.6 Å². The number of likely N-dealkylation sites (tertiary alicyclic amines) is 1. The van der Waals surface area contributed by atoms with E-state index in [9.17, 15) is 22.8 Å². The van der Waals surface area contributed by atoms with Gasteiger partial charge in [-0.25, -0.2) is 8.42 Å². The van der Waals surface area contributed by atoms with Crippen LogP contribution in [0, 0.1) is 0 Å². The van der Waals surface area contributed by atoms with Gasteiger partial charge in [0.15, 0.2) is 0 Å². The van der Waals surface area contributed by atoms with Crippen molar-refractivity contribution in [1.82, 2.24) is 14.5 Å². The van der Waals surface area contributed by atoms with Gasteiger partial charge in [-0.1, -0.05) is 0 Å². The molecule has 3 amide bonds. The van der Waals surface area contributed by atoms with Crippen molar-refractivity contribution < 1.29 is 22.8 Å². The lowest BCUT2D eigenvalue weighted by Crippen LogP contribution is -2.49. The molecule has 11 heteroatoms. The number of benzene rings is 1. The molecule has 1 aromatic carbocycles. The molecule has 1 aliphatic heterocycles. The summed E-state index contributed by atoms with van der Waals surface area (Å²) in [6.45, 7) is 1.99. The minimum absolute atomic E-state index is 0.0185. The molecule has 172 valence electrons. The SMILES string of the molecule is CC(=O)Nc1ccc(S(=O)(=O)N(C)CC(=O)N2CCC(NC(=O)c3ccsc3)CC2)cc1. The summed E-state index contributed by atoms with van der Waals surface area (Å²) in [4.78, 5) is 37.6. The molecular weight excluding hydrogens is 452 g/mol. The van der Waals surface area contributed by atoms with Crippen LogP contribution in [0.15, 0.2) is 46.0 Å². The van der Waals surface area contributed by atoms with E-state index in [1.165, 1.54) is 49.6 Å². The molecule has 0 atom stereocenters. The highest BCUT2D eigenvalue weighted by molar-refractivity contribution is 7.89. The van der Waals surface area contributed by atoms with Gasteiger partial charge in [0.2, 0.25) is 21.8 Å². The number of carbonyl (C=O) groups excluding carboxylic acids is 3. The van der Waals surface area contributed by atoms with Gasteiger partial charge in [0.05, 0.1) is 11.4 Å². The topological polar surface area (TPSA) is 116 Å². The Kier molecular flexibility index (Phi) is 7.64. The average Bonchev–Trinajstić information content (AvgIpc) is 3.29. The zero-order valence-corrected chi connectivity index (χ0v) is 19.5. The Morgan fingerprint density at radius 3 is 2.34 bits per heavy atom. The second kappa shape index (κ2) is 10.2. The van der Waals surface area contributed by atoms with Crippen molar-refractivity contribution in [3.05, 3.63) is 46.7 Å². The van der Waals surface area contributed by atoms with Crippen LogP contribution in [0.4, 0.5) is 5.69 Å². The van der Waals surface area contributed by atoms with Gasteiger partial charge in [-0.05, 0) is 48.6 Å². The van der Waals surface area contributed by atoms with Crippen molar-refractivity contribution in [1.29, 1.82) is 0 Å². The van der Waals surface area contributed by atoms with E-state index < -0.39 is 10.0 Å². The van der Waals surface area contributed by atoms with Crippen molar-refractivity contribution in [2.45, 2.75) is 30.7 Å². The number of nitrogens with zero attached hydrogens (tertiary/aromatic N) is 2. The minimum Gasteiger partial charge on any atom is -0.349 e. The monoisotopic (exact) mass is 478 g/mol. The number of likely N-dealkylation sites (N-methyl/N-ethyl adjacent to an activating group) is 1. The van der Waals surface area contributed by atoms with E-state index in [1.807, 2.05) is 5.38 Å². The molecule has 3 rings (SSSR count). The lowest BCUT2D eigenvalue weighted by Gasteiger charge is -2.33. The number of thiophene rings is 1. The van der Waals surface area contributed by atoms with Gasteiger partial charge in [-0.15, -0.1) is 0 Å². The van der Waals surface area contributed by atoms with Crippen molar-refractivity contribution in [2.75, 3.05) is 32.0 Å². The number of nitrogens with one attached hydrogen (secondary N) is 2. The van der Waals surface area contributed by atoms with Crippen LogP contribution in [0.2, 0.25) is 0 Å². The van der Waals surface area contributed by atoms with Gasteiger partial charge < -0.3 is 15.5 Å². The lowest BCUT2D eigenvalue weighted by molar-refractivity contribution is -0.132. The molecule has 1 saturated heterocycles. The highest BCUT2D eigenvalue weighted by atomic mass is 32.2. The standard InChI is InChI=1S/C21H26N4O5S2/c1-15(26)22-17-3-5-19(6-4-17)32(29,30)24(2)13-20(27)25-10-7-18(8-11-25)23-21(28)16-9-12-31-14-16/h3-6,9,12,14,18H,7-8,10-11,13H2,1-2H3,(H,22,26)(H,23,28). The van der Waals surface area contributed by atoms with Crippen molar-refractivity contribution in [3.63, 3.8) is 0 Å². The van der Waals surface area contributed by atoms with Gasteiger partial charge in [0, 0.05) is 49.7 Å². The first kappa shape index (κ1) is 23.9. The van der Waals surface area contributed by atoms with E-state index in [0.717, 1.165) is 4.31 Å². The molecule has 0 saturated carbocycles. The molecule has 9 nitrogen and oxygen atoms in total. The van der Waals surface area contributed by atoms with Gasteiger partial charge in [-0.3, -0.25) is 14.4 Å². The fraction of sp³-hybridized carbons (Fsp3) is 0.381. The second-order valence-corrected chi connectivity index (χ2v) is 10.4. The summed E-state index contributed by atoms with van der Waals surface area (Å²) in [6, 6.07) is 7.53. The Morgan fingerprint density at radius 2 is 1.78 bits per heavy atom. The van der Waals surface area contributed by atoms with Crippen LogP contribution in [0.5, 0.6) is 0 Å². The average molecular weight is 479 g/mol. The summed E-state index contributed by atoms with van der Waals surface area (Å²) >= 11 is 1.46. The number of sulfonamides is 1. The van der Waals surface area contributed by atoms with Crippen LogP contribution >= 0.6 is 11.3 Å². The fourth-order valence-corrected chi connectivity index (χ4v) is 5.16. The highest BCUT2D eigenvalue weighted by Gasteiger charge is 2.28. The Morgan fingerprint density at radius 1 is 1.12 bits per heavy atom. The number of carbonyl (C=O) groups is 3. The molecule has 2 heterocycles. The number of rotatable bonds is 7. The molecule has 2 N–H and O–H groups in total. The third-order valence-electron chi connectivity index (χ3n) is 5.21. The summed E-state index contributed by atoms with van der Waals surface area (Å²) in [5, 5.41) is 9.19. The first-order valence-electron chi connectivity index (χ1n) is 10.1. The zero-order chi connectivity index (χ0) is 23.3. The van der Waals surface area contributed by atoms with Crippen LogP contribution in [0.25, 0.3) is 0 Å². The molecule has 0 unspecified atom stereocenters. The summed E-state index contributed by atoms with van der Waals surface area (Å²) in [5.41, 5.74) is 1.12. The van der Waals surface area contributed by atoms with Crippen LogP contribution in [-0.2, 0) is 19.6 Å². The molecule has 0 bridgehead atoms. The van der Waals surface area contributed by atoms with Crippen molar-refractivity contribution in [2.24, 2.45) is 0 Å². The molecule has 0 spiro atoms. The van der Waals surface area contributed by atoms with E-state index in [1.54, 1.807) is 16.3 Å². The molecule has 0 radical (unpaired) electrons. The molecular formula is C21H26N4O5S2. The van der Waals surface area contributed by atoms with E-state index >= 15 is 0 Å². The summed E-state index contributed by atoms with van der Waals surface area (Å²) in [5.74, 6) is -0.655. The Balaban J connectivity index is 1.51. The Bertz CT molecular complexity index is 1060.